The first-order valence-corrected chi connectivity index (χ1v) is 12.7. The van der Waals surface area contributed by atoms with E-state index in [0.29, 0.717) is 38.2 Å². The fourth-order valence-corrected chi connectivity index (χ4v) is 4.79. The fraction of sp³-hybridized carbons (Fsp3) is 0.560. The van der Waals surface area contributed by atoms with E-state index in [1.54, 1.807) is 11.3 Å². The van der Waals surface area contributed by atoms with Crippen LogP contribution in [0.15, 0.2) is 18.2 Å². The number of hydrogen-bond acceptors (Lipinski definition) is 7. The summed E-state index contributed by atoms with van der Waals surface area (Å²) in [5.74, 6) is 0.123. The average molecular weight is 490 g/mol. The van der Waals surface area contributed by atoms with Gasteiger partial charge in [0.25, 0.3) is 0 Å². The number of carboxylic acid groups (broad SMARTS) is 1. The van der Waals surface area contributed by atoms with Crippen molar-refractivity contribution < 1.29 is 24.2 Å². The molecule has 1 fully saturated rings. The average Bonchev–Trinajstić information content (AvgIpc) is 3.17. The summed E-state index contributed by atoms with van der Waals surface area (Å²) in [6, 6.07) is 5.66. The van der Waals surface area contributed by atoms with E-state index >= 15 is 0 Å². The second-order valence-corrected chi connectivity index (χ2v) is 10.1. The van der Waals surface area contributed by atoms with Gasteiger partial charge in [0.2, 0.25) is 5.91 Å². The molecule has 0 aliphatic carbocycles. The Balaban J connectivity index is 1.60. The molecule has 0 spiro atoms. The third-order valence-electron chi connectivity index (χ3n) is 5.63. The van der Waals surface area contributed by atoms with Gasteiger partial charge in [-0.1, -0.05) is 19.9 Å². The van der Waals surface area contributed by atoms with Gasteiger partial charge in [-0.2, -0.15) is 0 Å². The van der Waals surface area contributed by atoms with Gasteiger partial charge >= 0.3 is 5.97 Å². The Bertz CT molecular complexity index is 969. The lowest BCUT2D eigenvalue weighted by Crippen LogP contribution is -2.36. The van der Waals surface area contributed by atoms with E-state index in [0.717, 1.165) is 48.3 Å². The summed E-state index contributed by atoms with van der Waals surface area (Å²) >= 11 is 1.71. The molecule has 8 nitrogen and oxygen atoms in total. The summed E-state index contributed by atoms with van der Waals surface area (Å²) in [5.41, 5.74) is 2.84. The number of nitrogens with one attached hydrogen (secondary N) is 1. The maximum Gasteiger partial charge on any atom is 0.303 e. The summed E-state index contributed by atoms with van der Waals surface area (Å²) in [6.07, 6.45) is 1.61. The minimum Gasteiger partial charge on any atom is -0.493 e. The van der Waals surface area contributed by atoms with Crippen molar-refractivity contribution in [1.29, 1.82) is 0 Å². The number of amides is 1. The molecule has 1 aromatic carbocycles. The maximum atomic E-state index is 12.1. The van der Waals surface area contributed by atoms with Crippen LogP contribution in [-0.2, 0) is 33.7 Å². The quantitative estimate of drug-likeness (QED) is 0.470. The molecular weight excluding hydrogens is 454 g/mol. The Morgan fingerprint density at radius 1 is 1.24 bits per heavy atom. The Morgan fingerprint density at radius 2 is 2.00 bits per heavy atom. The number of thiazole rings is 1. The zero-order valence-electron chi connectivity index (χ0n) is 20.3. The second kappa shape index (κ2) is 12.7. The number of ether oxygens (including phenoxy) is 2. The van der Waals surface area contributed by atoms with Crippen molar-refractivity contribution in [1.82, 2.24) is 10.3 Å². The van der Waals surface area contributed by atoms with E-state index < -0.39 is 5.97 Å². The van der Waals surface area contributed by atoms with Crippen molar-refractivity contribution in [2.45, 2.75) is 53.0 Å². The number of hydrogen-bond donors (Lipinski definition) is 2. The Hall–Kier alpha value is -2.65. The van der Waals surface area contributed by atoms with Crippen molar-refractivity contribution in [2.75, 3.05) is 37.8 Å². The number of rotatable bonds is 12. The molecule has 2 N–H and O–H groups in total. The molecule has 9 heteroatoms. The predicted octanol–water partition coefficient (Wildman–Crippen LogP) is 3.59. The van der Waals surface area contributed by atoms with E-state index in [2.05, 4.69) is 17.1 Å². The molecule has 1 saturated heterocycles. The maximum absolute atomic E-state index is 12.1. The zero-order valence-corrected chi connectivity index (χ0v) is 21.1. The lowest BCUT2D eigenvalue weighted by molar-refractivity contribution is -0.137. The third-order valence-corrected chi connectivity index (χ3v) is 6.70. The number of aryl methyl sites for hydroxylation is 2. The molecule has 0 saturated carbocycles. The number of aromatic nitrogens is 1. The van der Waals surface area contributed by atoms with Crippen LogP contribution >= 0.6 is 11.3 Å². The number of nitrogens with zero attached hydrogens (tertiary/aromatic N) is 2. The summed E-state index contributed by atoms with van der Waals surface area (Å²) in [4.78, 5) is 31.4. The van der Waals surface area contributed by atoms with E-state index in [9.17, 15) is 9.59 Å². The highest BCUT2D eigenvalue weighted by Gasteiger charge is 2.17. The highest BCUT2D eigenvalue weighted by atomic mass is 32.1. The van der Waals surface area contributed by atoms with Crippen LogP contribution in [0.25, 0.3) is 0 Å². The summed E-state index contributed by atoms with van der Waals surface area (Å²) < 4.78 is 11.4. The number of benzene rings is 1. The molecule has 3 rings (SSSR count). The lowest BCUT2D eigenvalue weighted by atomic mass is 10.0. The van der Waals surface area contributed by atoms with Gasteiger partial charge in [0.15, 0.2) is 5.13 Å². The van der Waals surface area contributed by atoms with E-state index in [4.69, 9.17) is 19.6 Å². The predicted molar refractivity (Wildman–Crippen MR) is 133 cm³/mol. The minimum absolute atomic E-state index is 0.0133. The van der Waals surface area contributed by atoms with Crippen LogP contribution in [0.3, 0.4) is 0 Å². The standard InChI is InChI=1S/C25H35N3O5S/c1-17(2)14-23(29)26-16-20-15-21(6-4-19(20)5-7-24(30)31)33-11-8-22-18(3)34-25(27-22)28-9-12-32-13-10-28/h4,6,15,17H,5,7-14,16H2,1-3H3,(H,26,29)(H,30,31). The lowest BCUT2D eigenvalue weighted by Gasteiger charge is -2.26. The first kappa shape index (κ1) is 26.0. The van der Waals surface area contributed by atoms with Crippen molar-refractivity contribution in [3.63, 3.8) is 0 Å². The molecular formula is C25H35N3O5S. The van der Waals surface area contributed by atoms with Crippen LogP contribution in [0.2, 0.25) is 0 Å². The topological polar surface area (TPSA) is 101 Å². The molecule has 2 aromatic rings. The van der Waals surface area contributed by atoms with Crippen molar-refractivity contribution in [2.24, 2.45) is 5.92 Å². The molecule has 1 aliphatic heterocycles. The molecule has 0 unspecified atom stereocenters. The number of morpholine rings is 1. The Kier molecular flexibility index (Phi) is 9.71. The molecule has 0 radical (unpaired) electrons. The molecule has 0 bridgehead atoms. The largest absolute Gasteiger partial charge is 0.493 e. The number of carboxylic acids is 1. The minimum atomic E-state index is -0.842. The molecule has 1 amide bonds. The van der Waals surface area contributed by atoms with E-state index in [-0.39, 0.29) is 18.2 Å². The van der Waals surface area contributed by atoms with Crippen LogP contribution in [0.1, 0.15) is 48.4 Å². The fourth-order valence-electron chi connectivity index (χ4n) is 3.78. The van der Waals surface area contributed by atoms with Gasteiger partial charge < -0.3 is 24.8 Å². The van der Waals surface area contributed by atoms with Crippen molar-refractivity contribution in [3.05, 3.63) is 39.9 Å². The highest BCUT2D eigenvalue weighted by Crippen LogP contribution is 2.27. The van der Waals surface area contributed by atoms with Crippen molar-refractivity contribution >= 4 is 28.3 Å². The number of carbonyl (C=O) groups excluding carboxylic acids is 1. The SMILES string of the molecule is Cc1sc(N2CCOCC2)nc1CCOc1ccc(CCC(=O)O)c(CNC(=O)CC(C)C)c1. The van der Waals surface area contributed by atoms with Gasteiger partial charge in [0, 0.05) is 43.8 Å². The first-order chi connectivity index (χ1) is 16.3. The first-order valence-electron chi connectivity index (χ1n) is 11.8. The Morgan fingerprint density at radius 3 is 2.71 bits per heavy atom. The zero-order chi connectivity index (χ0) is 24.5. The second-order valence-electron chi connectivity index (χ2n) is 8.90. The van der Waals surface area contributed by atoms with Gasteiger partial charge in [-0.25, -0.2) is 4.98 Å². The Labute approximate surface area is 205 Å². The van der Waals surface area contributed by atoms with Crippen LogP contribution in [0.4, 0.5) is 5.13 Å². The van der Waals surface area contributed by atoms with Gasteiger partial charge in [0.1, 0.15) is 5.75 Å². The number of carbonyl (C=O) groups is 2. The number of aliphatic carboxylic acids is 1. The normalized spacial score (nSPS) is 13.8. The van der Waals surface area contributed by atoms with Crippen LogP contribution in [0, 0.1) is 12.8 Å². The van der Waals surface area contributed by atoms with Crippen LogP contribution in [-0.4, -0.2) is 54.9 Å². The summed E-state index contributed by atoms with van der Waals surface area (Å²) in [6.45, 7) is 10.1. The van der Waals surface area contributed by atoms with Crippen LogP contribution in [0.5, 0.6) is 5.75 Å². The van der Waals surface area contributed by atoms with Gasteiger partial charge in [-0.15, -0.1) is 11.3 Å². The molecule has 186 valence electrons. The molecule has 0 atom stereocenters. The van der Waals surface area contributed by atoms with E-state index in [1.165, 1.54) is 4.88 Å². The summed E-state index contributed by atoms with van der Waals surface area (Å²) in [5, 5.41) is 13.0. The highest BCUT2D eigenvalue weighted by molar-refractivity contribution is 7.15. The monoisotopic (exact) mass is 489 g/mol. The number of anilines is 1. The van der Waals surface area contributed by atoms with Crippen LogP contribution < -0.4 is 15.0 Å². The molecule has 34 heavy (non-hydrogen) atoms. The smallest absolute Gasteiger partial charge is 0.303 e. The summed E-state index contributed by atoms with van der Waals surface area (Å²) in [7, 11) is 0. The molecule has 1 aromatic heterocycles. The molecule has 2 heterocycles. The third kappa shape index (κ3) is 7.99. The van der Waals surface area contributed by atoms with E-state index in [1.807, 2.05) is 32.0 Å². The van der Waals surface area contributed by atoms with Gasteiger partial charge in [-0.05, 0) is 42.5 Å². The van der Waals surface area contributed by atoms with Crippen molar-refractivity contribution in [3.8, 4) is 5.75 Å². The van der Waals surface area contributed by atoms with Gasteiger partial charge in [0.05, 0.1) is 25.5 Å². The van der Waals surface area contributed by atoms with Gasteiger partial charge in [-0.3, -0.25) is 9.59 Å². The molecule has 1 aliphatic rings.